The van der Waals surface area contributed by atoms with Crippen LogP contribution in [0.5, 0.6) is 11.5 Å². The van der Waals surface area contributed by atoms with Gasteiger partial charge in [0, 0.05) is 21.5 Å². The van der Waals surface area contributed by atoms with Crippen LogP contribution in [0.3, 0.4) is 0 Å². The molecule has 5 rings (SSSR count). The minimum atomic E-state index is -5.14. The maximum atomic E-state index is 11.5. The van der Waals surface area contributed by atoms with Crippen LogP contribution < -0.4 is 8.37 Å². The standard InChI is InChI=1S/C22H16N2O8S2/c1-11-3-5-17-13(7-11)21(31-33(25,26)27)15-9-20-16(10-19(15)23-17)22(32-34(28,29)30)14-8-12(2)4-6-18(14)24-20/h3-10H,1-2H3,(H,25,26,27)(H,28,29,30)/p-2. The average Bonchev–Trinajstić information content (AvgIpc) is 2.72. The zero-order chi connectivity index (χ0) is 24.4. The molecule has 2 heterocycles. The average molecular weight is 498 g/mol. The van der Waals surface area contributed by atoms with Crippen molar-refractivity contribution in [1.82, 2.24) is 9.97 Å². The van der Waals surface area contributed by atoms with Crippen molar-refractivity contribution < 1.29 is 34.3 Å². The molecule has 0 N–H and O–H groups in total. The molecule has 0 aliphatic rings. The summed E-state index contributed by atoms with van der Waals surface area (Å²) in [6, 6.07) is 12.8. The molecule has 0 bridgehead atoms. The molecule has 0 aliphatic carbocycles. The summed E-state index contributed by atoms with van der Waals surface area (Å²) >= 11 is 0. The van der Waals surface area contributed by atoms with Crippen LogP contribution >= 0.6 is 0 Å². The number of pyridine rings is 2. The number of benzene rings is 3. The Hall–Kier alpha value is -3.58. The van der Waals surface area contributed by atoms with Gasteiger partial charge < -0.3 is 17.5 Å². The largest absolute Gasteiger partial charge is 0.716 e. The molecule has 2 aromatic heterocycles. The Morgan fingerprint density at radius 2 is 0.941 bits per heavy atom. The lowest BCUT2D eigenvalue weighted by Gasteiger charge is -2.17. The van der Waals surface area contributed by atoms with Crippen molar-refractivity contribution in [3.05, 3.63) is 59.7 Å². The monoisotopic (exact) mass is 498 g/mol. The van der Waals surface area contributed by atoms with Gasteiger partial charge in [0.05, 0.1) is 22.1 Å². The predicted octanol–water partition coefficient (Wildman–Crippen LogP) is 3.38. The Morgan fingerprint density at radius 3 is 1.29 bits per heavy atom. The van der Waals surface area contributed by atoms with Crippen molar-refractivity contribution in [1.29, 1.82) is 0 Å². The highest BCUT2D eigenvalue weighted by molar-refractivity contribution is 7.81. The molecule has 0 amide bonds. The zero-order valence-corrected chi connectivity index (χ0v) is 19.2. The lowest BCUT2D eigenvalue weighted by Crippen LogP contribution is -2.09. The maximum absolute atomic E-state index is 11.5. The summed E-state index contributed by atoms with van der Waals surface area (Å²) in [5.41, 5.74) is 2.56. The van der Waals surface area contributed by atoms with Crippen LogP contribution in [0.2, 0.25) is 0 Å². The molecule has 0 atom stereocenters. The van der Waals surface area contributed by atoms with Crippen LogP contribution in [0.4, 0.5) is 0 Å². The molecule has 3 aromatic carbocycles. The highest BCUT2D eigenvalue weighted by atomic mass is 32.3. The van der Waals surface area contributed by atoms with Crippen molar-refractivity contribution in [3.8, 4) is 11.5 Å². The first-order valence-electron chi connectivity index (χ1n) is 9.77. The number of fused-ring (bicyclic) bond motifs is 4. The fourth-order valence-corrected chi connectivity index (χ4v) is 4.68. The number of rotatable bonds is 4. The van der Waals surface area contributed by atoms with Gasteiger partial charge in [0.25, 0.3) is 20.8 Å². The summed E-state index contributed by atoms with van der Waals surface area (Å²) in [7, 11) is -10.3. The molecule has 10 nitrogen and oxygen atoms in total. The van der Waals surface area contributed by atoms with Crippen molar-refractivity contribution in [3.63, 3.8) is 0 Å². The van der Waals surface area contributed by atoms with Gasteiger partial charge in [-0.05, 0) is 50.2 Å². The zero-order valence-electron chi connectivity index (χ0n) is 17.6. The molecular formula is C22H14N2O8S2-2. The van der Waals surface area contributed by atoms with E-state index in [0.29, 0.717) is 21.8 Å². The first-order chi connectivity index (χ1) is 15.9. The van der Waals surface area contributed by atoms with Gasteiger partial charge in [-0.3, -0.25) is 0 Å². The molecule has 0 saturated carbocycles. The van der Waals surface area contributed by atoms with E-state index in [-0.39, 0.29) is 33.3 Å². The van der Waals surface area contributed by atoms with Gasteiger partial charge in [-0.2, -0.15) is 0 Å². The molecule has 5 aromatic rings. The Kier molecular flexibility index (Phi) is 4.88. The molecule has 0 fully saturated rings. The first kappa shape index (κ1) is 22.2. The van der Waals surface area contributed by atoms with Crippen molar-refractivity contribution in [2.75, 3.05) is 0 Å². The van der Waals surface area contributed by atoms with Crippen LogP contribution in [0, 0.1) is 13.8 Å². The van der Waals surface area contributed by atoms with Crippen molar-refractivity contribution >= 4 is 64.4 Å². The van der Waals surface area contributed by atoms with E-state index in [1.54, 1.807) is 50.2 Å². The Balaban J connectivity index is 1.97. The topological polar surface area (TPSA) is 159 Å². The summed E-state index contributed by atoms with van der Waals surface area (Å²) in [4.78, 5) is 9.01. The minimum absolute atomic E-state index is 0.153. The van der Waals surface area contributed by atoms with Crippen LogP contribution in [0.1, 0.15) is 11.1 Å². The fourth-order valence-electron chi connectivity index (χ4n) is 3.92. The van der Waals surface area contributed by atoms with Gasteiger partial charge in [0.15, 0.2) is 11.5 Å². The highest BCUT2D eigenvalue weighted by Crippen LogP contribution is 2.40. The quantitative estimate of drug-likeness (QED) is 0.204. The molecule has 0 saturated heterocycles. The summed E-state index contributed by atoms with van der Waals surface area (Å²) in [5.74, 6) is -0.462. The molecule has 34 heavy (non-hydrogen) atoms. The van der Waals surface area contributed by atoms with Crippen molar-refractivity contribution in [2.24, 2.45) is 0 Å². The van der Waals surface area contributed by atoms with E-state index >= 15 is 0 Å². The predicted molar refractivity (Wildman–Crippen MR) is 122 cm³/mol. The Morgan fingerprint density at radius 1 is 0.588 bits per heavy atom. The van der Waals surface area contributed by atoms with E-state index < -0.39 is 20.8 Å². The first-order valence-corrected chi connectivity index (χ1v) is 12.4. The third kappa shape index (κ3) is 4.07. The lowest BCUT2D eigenvalue weighted by atomic mass is 10.0. The van der Waals surface area contributed by atoms with Crippen LogP contribution in [-0.4, -0.2) is 35.9 Å². The maximum Gasteiger partial charge on any atom is 0.262 e. The summed E-state index contributed by atoms with van der Waals surface area (Å²) in [5, 5.41) is 0.891. The van der Waals surface area contributed by atoms with Gasteiger partial charge in [-0.15, -0.1) is 0 Å². The van der Waals surface area contributed by atoms with Gasteiger partial charge in [0.2, 0.25) is 0 Å². The molecule has 0 spiro atoms. The van der Waals surface area contributed by atoms with Crippen LogP contribution in [-0.2, 0) is 20.8 Å². The summed E-state index contributed by atoms with van der Waals surface area (Å²) < 4.78 is 78.7. The molecule has 174 valence electrons. The lowest BCUT2D eigenvalue weighted by molar-refractivity contribution is 0.372. The van der Waals surface area contributed by atoms with Gasteiger partial charge in [-0.1, -0.05) is 23.3 Å². The minimum Gasteiger partial charge on any atom is -0.716 e. The van der Waals surface area contributed by atoms with Crippen LogP contribution in [0.15, 0.2) is 48.5 Å². The van der Waals surface area contributed by atoms with Gasteiger partial charge in [0.1, 0.15) is 0 Å². The van der Waals surface area contributed by atoms with E-state index in [4.69, 9.17) is 8.37 Å². The van der Waals surface area contributed by atoms with Gasteiger partial charge in [-0.25, -0.2) is 26.8 Å². The second-order valence-corrected chi connectivity index (χ2v) is 9.76. The molecule has 0 unspecified atom stereocenters. The highest BCUT2D eigenvalue weighted by Gasteiger charge is 2.19. The smallest absolute Gasteiger partial charge is 0.262 e. The number of aromatic nitrogens is 2. The number of aryl methyl sites for hydroxylation is 2. The van der Waals surface area contributed by atoms with E-state index in [9.17, 15) is 25.9 Å². The Bertz CT molecular complexity index is 1750. The molecule has 0 radical (unpaired) electrons. The van der Waals surface area contributed by atoms with E-state index in [1.807, 2.05) is 0 Å². The summed E-state index contributed by atoms with van der Waals surface area (Å²) in [6.07, 6.45) is 0. The Labute approximate surface area is 193 Å². The number of nitrogens with zero attached hydrogens (tertiary/aromatic N) is 2. The molecule has 12 heteroatoms. The second-order valence-electron chi connectivity index (χ2n) is 7.79. The second kappa shape index (κ2) is 7.46. The molecular weight excluding hydrogens is 484 g/mol. The third-order valence-electron chi connectivity index (χ3n) is 5.25. The van der Waals surface area contributed by atoms with Gasteiger partial charge >= 0.3 is 0 Å². The van der Waals surface area contributed by atoms with E-state index in [2.05, 4.69) is 9.97 Å². The number of hydrogen-bond acceptors (Lipinski definition) is 10. The van der Waals surface area contributed by atoms with E-state index in [1.165, 1.54) is 12.1 Å². The fraction of sp³-hybridized carbons (Fsp3) is 0.0909. The SMILES string of the molecule is Cc1ccc2nc3cc4c(OS(=O)(=O)[O-])c5cc(C)ccc5nc4cc3c(OS(=O)(=O)[O-])c2c1. The normalized spacial score (nSPS) is 12.6. The summed E-state index contributed by atoms with van der Waals surface area (Å²) in [6.45, 7) is 3.56. The van der Waals surface area contributed by atoms with Crippen LogP contribution in [0.25, 0.3) is 43.6 Å². The van der Waals surface area contributed by atoms with E-state index in [0.717, 1.165) is 11.1 Å². The third-order valence-corrected chi connectivity index (χ3v) is 5.99. The van der Waals surface area contributed by atoms with Crippen molar-refractivity contribution in [2.45, 2.75) is 13.8 Å². The number of hydrogen-bond donors (Lipinski definition) is 0. The molecule has 0 aliphatic heterocycles.